The minimum Gasteiger partial charge on any atom is -0.437 e. The molecule has 7 heteroatoms. The van der Waals surface area contributed by atoms with E-state index in [1.807, 2.05) is 30.9 Å². The second-order valence-corrected chi connectivity index (χ2v) is 5.09. The van der Waals surface area contributed by atoms with Gasteiger partial charge in [0.25, 0.3) is 0 Å². The molecule has 1 N–H and O–H groups in total. The van der Waals surface area contributed by atoms with Crippen LogP contribution in [0.5, 0.6) is 11.6 Å². The molecule has 0 radical (unpaired) electrons. The molecule has 1 saturated heterocycles. The van der Waals surface area contributed by atoms with E-state index in [2.05, 4.69) is 20.3 Å². The van der Waals surface area contributed by atoms with Crippen LogP contribution in [0.1, 0.15) is 11.3 Å². The minimum absolute atomic E-state index is 0.00478. The Balaban J connectivity index is 1.89. The van der Waals surface area contributed by atoms with Gasteiger partial charge in [-0.1, -0.05) is 0 Å². The van der Waals surface area contributed by atoms with E-state index < -0.39 is 0 Å². The first kappa shape index (κ1) is 14.2. The molecule has 1 aliphatic heterocycles. The average molecular weight is 299 g/mol. The Hall–Kier alpha value is -2.70. The van der Waals surface area contributed by atoms with Crippen molar-refractivity contribution >= 4 is 11.7 Å². The number of nitrogens with one attached hydrogen (secondary N) is 1. The van der Waals surface area contributed by atoms with Gasteiger partial charge in [-0.2, -0.15) is 0 Å². The minimum atomic E-state index is -0.00478. The van der Waals surface area contributed by atoms with Crippen molar-refractivity contribution in [1.29, 1.82) is 0 Å². The molecule has 0 bridgehead atoms. The van der Waals surface area contributed by atoms with Crippen molar-refractivity contribution in [3.05, 3.63) is 35.9 Å². The van der Waals surface area contributed by atoms with Gasteiger partial charge in [0.05, 0.1) is 17.8 Å². The van der Waals surface area contributed by atoms with E-state index >= 15 is 0 Å². The lowest BCUT2D eigenvalue weighted by atomic mass is 10.2. The summed E-state index contributed by atoms with van der Waals surface area (Å²) < 4.78 is 5.86. The highest BCUT2D eigenvalue weighted by Crippen LogP contribution is 2.29. The van der Waals surface area contributed by atoms with Crippen LogP contribution in [0, 0.1) is 13.8 Å². The third-order valence-electron chi connectivity index (χ3n) is 3.51. The van der Waals surface area contributed by atoms with E-state index in [1.165, 1.54) is 6.33 Å². The van der Waals surface area contributed by atoms with Crippen molar-refractivity contribution in [1.82, 2.24) is 20.3 Å². The normalized spacial score (nSPS) is 14.6. The predicted octanol–water partition coefficient (Wildman–Crippen LogP) is 1.22. The van der Waals surface area contributed by atoms with Gasteiger partial charge in [0.2, 0.25) is 11.8 Å². The molecule has 114 valence electrons. The molecule has 1 aliphatic rings. The summed E-state index contributed by atoms with van der Waals surface area (Å²) in [4.78, 5) is 26.2. The summed E-state index contributed by atoms with van der Waals surface area (Å²) >= 11 is 0. The van der Waals surface area contributed by atoms with Crippen molar-refractivity contribution in [3.8, 4) is 11.6 Å². The molecule has 7 nitrogen and oxygen atoms in total. The quantitative estimate of drug-likeness (QED) is 0.918. The Morgan fingerprint density at radius 1 is 1.27 bits per heavy atom. The highest BCUT2D eigenvalue weighted by Gasteiger charge is 2.21. The Kier molecular flexibility index (Phi) is 3.86. The number of nitrogens with zero attached hydrogens (tertiary/aromatic N) is 4. The number of ether oxygens (including phenoxy) is 1. The molecule has 3 heterocycles. The lowest BCUT2D eigenvalue weighted by molar-refractivity contribution is -0.120. The largest absolute Gasteiger partial charge is 0.437 e. The summed E-state index contributed by atoms with van der Waals surface area (Å²) in [5, 5.41) is 2.80. The Labute approximate surface area is 128 Å². The van der Waals surface area contributed by atoms with Crippen LogP contribution in [0.4, 0.5) is 5.82 Å². The molecule has 1 amide bonds. The van der Waals surface area contributed by atoms with E-state index in [-0.39, 0.29) is 5.91 Å². The number of anilines is 1. The van der Waals surface area contributed by atoms with Gasteiger partial charge < -0.3 is 15.0 Å². The topological polar surface area (TPSA) is 80.2 Å². The molecule has 0 unspecified atom stereocenters. The van der Waals surface area contributed by atoms with Crippen LogP contribution in [0.25, 0.3) is 0 Å². The maximum atomic E-state index is 11.5. The lowest BCUT2D eigenvalue weighted by Crippen LogP contribution is -2.48. The van der Waals surface area contributed by atoms with E-state index in [9.17, 15) is 4.79 Å². The first-order chi connectivity index (χ1) is 10.6. The number of hydrogen-bond donors (Lipinski definition) is 1. The van der Waals surface area contributed by atoms with Crippen LogP contribution < -0.4 is 15.0 Å². The van der Waals surface area contributed by atoms with Gasteiger partial charge in [0, 0.05) is 19.3 Å². The summed E-state index contributed by atoms with van der Waals surface area (Å²) in [5.41, 5.74) is 1.60. The van der Waals surface area contributed by atoms with Gasteiger partial charge in [-0.05, 0) is 26.0 Å². The van der Waals surface area contributed by atoms with Crippen LogP contribution >= 0.6 is 0 Å². The fourth-order valence-electron chi connectivity index (χ4n) is 2.35. The highest BCUT2D eigenvalue weighted by atomic mass is 16.5. The summed E-state index contributed by atoms with van der Waals surface area (Å²) in [6.07, 6.45) is 3.17. The molecule has 3 rings (SSSR count). The standard InChI is InChI=1S/C15H17N5O2/c1-10-14(20-7-6-17-13(21)8-20)18-9-19-15(10)22-12-4-3-5-16-11(12)2/h3-5,9H,6-8H2,1-2H3,(H,17,21). The smallest absolute Gasteiger partial charge is 0.239 e. The van der Waals surface area contributed by atoms with Crippen molar-refractivity contribution in [2.75, 3.05) is 24.5 Å². The number of aryl methyl sites for hydroxylation is 1. The maximum absolute atomic E-state index is 11.5. The van der Waals surface area contributed by atoms with E-state index in [1.54, 1.807) is 6.20 Å². The van der Waals surface area contributed by atoms with Crippen LogP contribution in [-0.4, -0.2) is 40.5 Å². The number of aromatic nitrogens is 3. The Bertz CT molecular complexity index is 704. The molecule has 0 atom stereocenters. The number of piperazine rings is 1. The summed E-state index contributed by atoms with van der Waals surface area (Å²) in [7, 11) is 0. The van der Waals surface area contributed by atoms with E-state index in [0.29, 0.717) is 24.7 Å². The number of pyridine rings is 1. The van der Waals surface area contributed by atoms with Crippen LogP contribution in [-0.2, 0) is 4.79 Å². The summed E-state index contributed by atoms with van der Waals surface area (Å²) in [5.74, 6) is 1.86. The molecular weight excluding hydrogens is 282 g/mol. The third-order valence-corrected chi connectivity index (χ3v) is 3.51. The number of amides is 1. The highest BCUT2D eigenvalue weighted by molar-refractivity contribution is 5.82. The van der Waals surface area contributed by atoms with E-state index in [0.717, 1.165) is 23.6 Å². The summed E-state index contributed by atoms with van der Waals surface area (Å²) in [6, 6.07) is 3.66. The van der Waals surface area contributed by atoms with Crippen LogP contribution in [0.3, 0.4) is 0 Å². The van der Waals surface area contributed by atoms with Gasteiger partial charge in [-0.25, -0.2) is 9.97 Å². The second-order valence-electron chi connectivity index (χ2n) is 5.09. The molecule has 2 aromatic heterocycles. The molecular formula is C15H17N5O2. The number of carbonyl (C=O) groups excluding carboxylic acids is 1. The molecule has 1 fully saturated rings. The second kappa shape index (κ2) is 5.97. The van der Waals surface area contributed by atoms with Gasteiger partial charge in [-0.15, -0.1) is 0 Å². The number of rotatable bonds is 3. The predicted molar refractivity (Wildman–Crippen MR) is 81.0 cm³/mol. The fourth-order valence-corrected chi connectivity index (χ4v) is 2.35. The Morgan fingerprint density at radius 2 is 2.14 bits per heavy atom. The maximum Gasteiger partial charge on any atom is 0.239 e. The first-order valence-corrected chi connectivity index (χ1v) is 7.08. The molecule has 0 spiro atoms. The van der Waals surface area contributed by atoms with Gasteiger partial charge >= 0.3 is 0 Å². The zero-order valence-corrected chi connectivity index (χ0v) is 12.5. The van der Waals surface area contributed by atoms with E-state index in [4.69, 9.17) is 4.74 Å². The summed E-state index contributed by atoms with van der Waals surface area (Å²) in [6.45, 7) is 5.39. The van der Waals surface area contributed by atoms with Crippen molar-refractivity contribution < 1.29 is 9.53 Å². The first-order valence-electron chi connectivity index (χ1n) is 7.08. The number of hydrogen-bond acceptors (Lipinski definition) is 6. The monoisotopic (exact) mass is 299 g/mol. The zero-order chi connectivity index (χ0) is 15.5. The van der Waals surface area contributed by atoms with Gasteiger partial charge in [-0.3, -0.25) is 9.78 Å². The molecule has 0 aliphatic carbocycles. The number of carbonyl (C=O) groups is 1. The van der Waals surface area contributed by atoms with Crippen molar-refractivity contribution in [3.63, 3.8) is 0 Å². The fraction of sp³-hybridized carbons (Fsp3) is 0.333. The van der Waals surface area contributed by atoms with Crippen molar-refractivity contribution in [2.45, 2.75) is 13.8 Å². The lowest BCUT2D eigenvalue weighted by Gasteiger charge is -2.28. The third kappa shape index (κ3) is 2.83. The molecule has 22 heavy (non-hydrogen) atoms. The average Bonchev–Trinajstić information content (AvgIpc) is 2.51. The van der Waals surface area contributed by atoms with Crippen molar-refractivity contribution in [2.24, 2.45) is 0 Å². The SMILES string of the molecule is Cc1ncccc1Oc1ncnc(N2CCNC(=O)C2)c1C. The Morgan fingerprint density at radius 3 is 2.91 bits per heavy atom. The van der Waals surface area contributed by atoms with Gasteiger partial charge in [0.15, 0.2) is 5.75 Å². The molecule has 0 aromatic carbocycles. The van der Waals surface area contributed by atoms with Gasteiger partial charge in [0.1, 0.15) is 12.1 Å². The zero-order valence-electron chi connectivity index (χ0n) is 12.5. The molecule has 2 aromatic rings. The molecule has 0 saturated carbocycles. The van der Waals surface area contributed by atoms with Crippen LogP contribution in [0.2, 0.25) is 0 Å². The van der Waals surface area contributed by atoms with Crippen LogP contribution in [0.15, 0.2) is 24.7 Å².